The normalized spacial score (nSPS) is 10.5. The van der Waals surface area contributed by atoms with Crippen LogP contribution in [-0.4, -0.2) is 26.2 Å². The van der Waals surface area contributed by atoms with Crippen molar-refractivity contribution in [1.82, 2.24) is 9.97 Å². The monoisotopic (exact) mass is 408 g/mol. The van der Waals surface area contributed by atoms with Crippen molar-refractivity contribution in [3.63, 3.8) is 0 Å². The maximum absolute atomic E-state index is 10.3. The van der Waals surface area contributed by atoms with E-state index in [0.717, 1.165) is 29.9 Å². The number of aromatic nitrogens is 2. The lowest BCUT2D eigenvalue weighted by atomic mass is 10.0. The number of hydrogen-bond donors (Lipinski definition) is 2. The molecule has 1 aromatic rings. The predicted octanol–water partition coefficient (Wildman–Crippen LogP) is 6.45. The van der Waals surface area contributed by atoms with Crippen LogP contribution in [0.3, 0.4) is 0 Å². The summed E-state index contributed by atoms with van der Waals surface area (Å²) < 4.78 is 0. The Labute approximate surface area is 178 Å². The minimum Gasteiger partial charge on any atom is -0.481 e. The van der Waals surface area contributed by atoms with Crippen LogP contribution in [0.4, 0.5) is 0 Å². The van der Waals surface area contributed by atoms with Gasteiger partial charge < -0.3 is 10.2 Å². The van der Waals surface area contributed by atoms with Gasteiger partial charge in [0.1, 0.15) is 0 Å². The summed E-state index contributed by atoms with van der Waals surface area (Å²) in [5.74, 6) is -0.655. The van der Waals surface area contributed by atoms with Crippen LogP contribution < -0.4 is 0 Å². The Morgan fingerprint density at radius 2 is 1.10 bits per heavy atom. The maximum Gasteiger partial charge on any atom is 0.303 e. The molecule has 0 unspecified atom stereocenters. The molecule has 0 spiro atoms. The molecule has 29 heavy (non-hydrogen) atoms. The molecular weight excluding hydrogens is 364 g/mol. The first-order valence-electron chi connectivity index (χ1n) is 11.6. The van der Waals surface area contributed by atoms with Gasteiger partial charge in [0.05, 0.1) is 29.4 Å². The highest BCUT2D eigenvalue weighted by Crippen LogP contribution is 2.12. The van der Waals surface area contributed by atoms with Gasteiger partial charge in [0.15, 0.2) is 0 Å². The van der Waals surface area contributed by atoms with E-state index in [2.05, 4.69) is 16.9 Å². The van der Waals surface area contributed by atoms with Crippen molar-refractivity contribution < 1.29 is 15.0 Å². The molecule has 0 aromatic carbocycles. The molecule has 1 heterocycles. The van der Waals surface area contributed by atoms with Gasteiger partial charge in [-0.1, -0.05) is 84.0 Å². The van der Waals surface area contributed by atoms with Crippen LogP contribution in [0.2, 0.25) is 0 Å². The van der Waals surface area contributed by atoms with E-state index < -0.39 is 5.97 Å². The second-order valence-electron chi connectivity index (χ2n) is 7.97. The number of aliphatic hydroxyl groups is 1. The fraction of sp³-hybridized carbons (Fsp3) is 0.792. The molecule has 168 valence electrons. The van der Waals surface area contributed by atoms with E-state index >= 15 is 0 Å². The maximum atomic E-state index is 10.3. The number of rotatable bonds is 15. The number of hydrogen-bond acceptors (Lipinski definition) is 4. The Kier molecular flexibility index (Phi) is 17.6. The average molecular weight is 409 g/mol. The third-order valence-electron chi connectivity index (χ3n) is 5.22. The van der Waals surface area contributed by atoms with Gasteiger partial charge in [-0.15, -0.1) is 0 Å². The zero-order valence-corrected chi connectivity index (χ0v) is 19.3. The van der Waals surface area contributed by atoms with Crippen LogP contribution in [0.15, 0.2) is 0 Å². The molecule has 5 heteroatoms. The highest BCUT2D eigenvalue weighted by atomic mass is 16.4. The number of carboxylic acid groups (broad SMARTS) is 1. The molecule has 0 atom stereocenters. The molecule has 0 bridgehead atoms. The van der Waals surface area contributed by atoms with E-state index in [4.69, 9.17) is 10.2 Å². The first-order valence-corrected chi connectivity index (χ1v) is 11.6. The first-order chi connectivity index (χ1) is 13.9. The van der Waals surface area contributed by atoms with E-state index in [1.807, 2.05) is 20.8 Å². The fourth-order valence-electron chi connectivity index (χ4n) is 3.20. The van der Waals surface area contributed by atoms with Gasteiger partial charge >= 0.3 is 5.97 Å². The van der Waals surface area contributed by atoms with Crippen LogP contribution in [0.25, 0.3) is 0 Å². The third kappa shape index (κ3) is 16.0. The largest absolute Gasteiger partial charge is 0.481 e. The lowest BCUT2D eigenvalue weighted by Crippen LogP contribution is -2.01. The summed E-state index contributed by atoms with van der Waals surface area (Å²) in [6.07, 6.45) is 17.3. The quantitative estimate of drug-likeness (QED) is 0.326. The zero-order valence-electron chi connectivity index (χ0n) is 19.3. The number of unbranched alkanes of at least 4 members (excludes halogenated alkanes) is 12. The van der Waals surface area contributed by atoms with Crippen LogP contribution in [0, 0.1) is 20.8 Å². The fourth-order valence-corrected chi connectivity index (χ4v) is 3.20. The molecule has 0 radical (unpaired) electrons. The van der Waals surface area contributed by atoms with E-state index in [1.54, 1.807) is 0 Å². The topological polar surface area (TPSA) is 83.3 Å². The summed E-state index contributed by atoms with van der Waals surface area (Å²) in [5.41, 5.74) is 3.31. The van der Waals surface area contributed by atoms with Gasteiger partial charge in [-0.2, -0.15) is 0 Å². The van der Waals surface area contributed by atoms with Crippen LogP contribution in [0.5, 0.6) is 0 Å². The predicted molar refractivity (Wildman–Crippen MR) is 120 cm³/mol. The van der Waals surface area contributed by atoms with Crippen molar-refractivity contribution in [2.75, 3.05) is 0 Å². The van der Waals surface area contributed by atoms with Crippen molar-refractivity contribution in [1.29, 1.82) is 0 Å². The highest BCUT2D eigenvalue weighted by molar-refractivity contribution is 5.66. The Balaban J connectivity index is 0.000000604. The molecule has 0 fully saturated rings. The van der Waals surface area contributed by atoms with E-state index in [9.17, 15) is 4.79 Å². The zero-order chi connectivity index (χ0) is 21.9. The summed E-state index contributed by atoms with van der Waals surface area (Å²) >= 11 is 0. The van der Waals surface area contributed by atoms with Crippen LogP contribution in [-0.2, 0) is 11.4 Å². The molecule has 0 saturated carbocycles. The minimum atomic E-state index is -0.655. The van der Waals surface area contributed by atoms with Gasteiger partial charge in [-0.05, 0) is 27.2 Å². The Morgan fingerprint density at radius 1 is 0.690 bits per heavy atom. The molecule has 5 nitrogen and oxygen atoms in total. The molecule has 0 aliphatic rings. The summed E-state index contributed by atoms with van der Waals surface area (Å²) in [4.78, 5) is 18.7. The van der Waals surface area contributed by atoms with Gasteiger partial charge in [0, 0.05) is 6.42 Å². The van der Waals surface area contributed by atoms with E-state index in [1.165, 1.54) is 70.6 Å². The average Bonchev–Trinajstić information content (AvgIpc) is 2.68. The lowest BCUT2D eigenvalue weighted by molar-refractivity contribution is -0.137. The number of aryl methyl sites for hydroxylation is 3. The van der Waals surface area contributed by atoms with Crippen molar-refractivity contribution in [3.8, 4) is 0 Å². The van der Waals surface area contributed by atoms with Crippen molar-refractivity contribution in [2.24, 2.45) is 0 Å². The van der Waals surface area contributed by atoms with Gasteiger partial charge in [-0.3, -0.25) is 14.8 Å². The Morgan fingerprint density at radius 3 is 1.52 bits per heavy atom. The molecule has 1 rings (SSSR count). The highest BCUT2D eigenvalue weighted by Gasteiger charge is 2.02. The van der Waals surface area contributed by atoms with Crippen LogP contribution in [0.1, 0.15) is 120 Å². The lowest BCUT2D eigenvalue weighted by Gasteiger charge is -2.04. The molecule has 0 amide bonds. The summed E-state index contributed by atoms with van der Waals surface area (Å²) in [5, 5.41) is 17.3. The molecule has 0 saturated heterocycles. The summed E-state index contributed by atoms with van der Waals surface area (Å²) in [7, 11) is 0. The second-order valence-corrected chi connectivity index (χ2v) is 7.97. The standard InChI is InChI=1S/C16H32O2.C8H12N2O/c1-2-3-4-5-6-7-8-9-10-11-12-13-14-15-16(17)18;1-5-6(2)10-8(4-11)7(3)9-5/h2-15H2,1H3,(H,17,18);11H,4H2,1-3H3. The second kappa shape index (κ2) is 18.5. The summed E-state index contributed by atoms with van der Waals surface area (Å²) in [6.45, 7) is 7.89. The molecule has 0 aliphatic carbocycles. The molecular formula is C24H44N2O3. The van der Waals surface area contributed by atoms with E-state index in [-0.39, 0.29) is 6.61 Å². The minimum absolute atomic E-state index is 0.0278. The van der Waals surface area contributed by atoms with Gasteiger partial charge in [-0.25, -0.2) is 0 Å². The Hall–Kier alpha value is -1.49. The Bertz CT molecular complexity index is 547. The van der Waals surface area contributed by atoms with Gasteiger partial charge in [0.2, 0.25) is 0 Å². The van der Waals surface area contributed by atoms with Crippen LogP contribution >= 0.6 is 0 Å². The summed E-state index contributed by atoms with van der Waals surface area (Å²) in [6, 6.07) is 0. The van der Waals surface area contributed by atoms with Gasteiger partial charge in [0.25, 0.3) is 0 Å². The van der Waals surface area contributed by atoms with Crippen molar-refractivity contribution >= 4 is 5.97 Å². The number of aliphatic carboxylic acids is 1. The number of carbonyl (C=O) groups is 1. The first kappa shape index (κ1) is 27.5. The van der Waals surface area contributed by atoms with Crippen molar-refractivity contribution in [2.45, 2.75) is 124 Å². The number of carboxylic acids is 1. The van der Waals surface area contributed by atoms with E-state index in [0.29, 0.717) is 12.1 Å². The number of nitrogens with zero attached hydrogens (tertiary/aromatic N) is 2. The SMILES string of the molecule is CCCCCCCCCCCCCCCC(=O)O.Cc1nc(C)c(CO)nc1C. The smallest absolute Gasteiger partial charge is 0.303 e. The molecule has 2 N–H and O–H groups in total. The molecule has 0 aliphatic heterocycles. The molecule has 1 aromatic heterocycles. The van der Waals surface area contributed by atoms with Crippen molar-refractivity contribution in [3.05, 3.63) is 22.8 Å². The third-order valence-corrected chi connectivity index (χ3v) is 5.22. The number of aliphatic hydroxyl groups excluding tert-OH is 1.